The molecule has 2 aromatic rings. The largest absolute Gasteiger partial charge is 0.478 e. The van der Waals surface area contributed by atoms with Crippen molar-refractivity contribution in [3.8, 4) is 5.69 Å². The fraction of sp³-hybridized carbons (Fsp3) is 0.421. The van der Waals surface area contributed by atoms with E-state index in [2.05, 4.69) is 18.9 Å². The third kappa shape index (κ3) is 2.35. The molecule has 1 amide bonds. The standard InChI is InChI=1S/C19H21N3O3/c1-11-14(18(24)25)8-20-22(11)13-6-4-12(5-7-13)17(23)21-9-15-16(10-21)19(15,2)3/h4-8,15-16H,9-10H2,1-3H3,(H,24,25). The van der Waals surface area contributed by atoms with E-state index in [0.29, 0.717) is 28.5 Å². The van der Waals surface area contributed by atoms with Crippen LogP contribution in [0, 0.1) is 24.2 Å². The van der Waals surface area contributed by atoms with Gasteiger partial charge in [0.05, 0.1) is 17.6 Å². The zero-order valence-electron chi connectivity index (χ0n) is 14.6. The van der Waals surface area contributed by atoms with E-state index in [1.165, 1.54) is 6.20 Å². The summed E-state index contributed by atoms with van der Waals surface area (Å²) in [4.78, 5) is 25.7. The van der Waals surface area contributed by atoms with E-state index < -0.39 is 5.97 Å². The molecule has 1 aliphatic heterocycles. The summed E-state index contributed by atoms with van der Waals surface area (Å²) in [6, 6.07) is 7.18. The molecule has 25 heavy (non-hydrogen) atoms. The van der Waals surface area contributed by atoms with E-state index >= 15 is 0 Å². The predicted molar refractivity (Wildman–Crippen MR) is 91.9 cm³/mol. The molecular weight excluding hydrogens is 318 g/mol. The minimum absolute atomic E-state index is 0.0676. The van der Waals surface area contributed by atoms with Crippen molar-refractivity contribution in [3.05, 3.63) is 47.3 Å². The number of hydrogen-bond acceptors (Lipinski definition) is 3. The molecule has 130 valence electrons. The Balaban J connectivity index is 1.51. The van der Waals surface area contributed by atoms with Gasteiger partial charge in [0.2, 0.25) is 0 Å². The Labute approximate surface area is 146 Å². The van der Waals surface area contributed by atoms with Crippen LogP contribution in [-0.2, 0) is 0 Å². The van der Waals surface area contributed by atoms with Gasteiger partial charge in [-0.2, -0.15) is 5.10 Å². The molecule has 2 atom stereocenters. The Hall–Kier alpha value is -2.63. The molecular formula is C19H21N3O3. The van der Waals surface area contributed by atoms with Crippen molar-refractivity contribution in [1.29, 1.82) is 0 Å². The van der Waals surface area contributed by atoms with Crippen molar-refractivity contribution in [3.63, 3.8) is 0 Å². The normalized spacial score (nSPS) is 23.4. The van der Waals surface area contributed by atoms with Crippen molar-refractivity contribution in [2.75, 3.05) is 13.1 Å². The lowest BCUT2D eigenvalue weighted by Gasteiger charge is -2.22. The number of aromatic nitrogens is 2. The first-order valence-corrected chi connectivity index (χ1v) is 8.48. The van der Waals surface area contributed by atoms with Gasteiger partial charge in [-0.15, -0.1) is 0 Å². The molecule has 2 fully saturated rings. The molecule has 1 aromatic heterocycles. The van der Waals surface area contributed by atoms with Crippen LogP contribution >= 0.6 is 0 Å². The highest BCUT2D eigenvalue weighted by Crippen LogP contribution is 2.62. The number of carboxylic acid groups (broad SMARTS) is 1. The third-order valence-electron chi connectivity index (χ3n) is 6.01. The summed E-state index contributed by atoms with van der Waals surface area (Å²) in [5.41, 5.74) is 2.53. The lowest BCUT2D eigenvalue weighted by molar-refractivity contribution is 0.0694. The molecule has 6 heteroatoms. The molecule has 1 saturated heterocycles. The van der Waals surface area contributed by atoms with Crippen LogP contribution in [0.15, 0.2) is 30.5 Å². The summed E-state index contributed by atoms with van der Waals surface area (Å²) in [6.45, 7) is 7.96. The van der Waals surface area contributed by atoms with Gasteiger partial charge in [-0.3, -0.25) is 4.79 Å². The van der Waals surface area contributed by atoms with Gasteiger partial charge in [0.15, 0.2) is 0 Å². The fourth-order valence-corrected chi connectivity index (χ4v) is 4.11. The number of piperidine rings is 1. The molecule has 2 heterocycles. The zero-order valence-corrected chi connectivity index (χ0v) is 14.6. The summed E-state index contributed by atoms with van der Waals surface area (Å²) in [6.07, 6.45) is 1.34. The second kappa shape index (κ2) is 5.18. The average molecular weight is 339 g/mol. The maximum absolute atomic E-state index is 12.7. The van der Waals surface area contributed by atoms with E-state index in [1.807, 2.05) is 4.90 Å². The van der Waals surface area contributed by atoms with E-state index in [-0.39, 0.29) is 11.5 Å². The van der Waals surface area contributed by atoms with E-state index in [1.54, 1.807) is 35.9 Å². The van der Waals surface area contributed by atoms with Crippen LogP contribution in [0.1, 0.15) is 40.3 Å². The first-order valence-electron chi connectivity index (χ1n) is 8.48. The number of likely N-dealkylation sites (tertiary alicyclic amines) is 1. The molecule has 1 aliphatic carbocycles. The highest BCUT2D eigenvalue weighted by Gasteiger charge is 2.62. The first-order chi connectivity index (χ1) is 11.8. The van der Waals surface area contributed by atoms with Crippen molar-refractivity contribution in [2.24, 2.45) is 17.3 Å². The van der Waals surface area contributed by atoms with Gasteiger partial charge in [0.25, 0.3) is 5.91 Å². The number of aromatic carboxylic acids is 1. The van der Waals surface area contributed by atoms with Crippen LogP contribution in [0.2, 0.25) is 0 Å². The van der Waals surface area contributed by atoms with Crippen LogP contribution in [0.25, 0.3) is 5.69 Å². The van der Waals surface area contributed by atoms with Crippen LogP contribution in [0.3, 0.4) is 0 Å². The zero-order chi connectivity index (χ0) is 17.9. The number of benzene rings is 1. The second-order valence-corrected chi connectivity index (χ2v) is 7.65. The quantitative estimate of drug-likeness (QED) is 0.933. The van der Waals surface area contributed by atoms with Gasteiger partial charge in [-0.25, -0.2) is 9.48 Å². The van der Waals surface area contributed by atoms with E-state index in [9.17, 15) is 9.59 Å². The SMILES string of the molecule is Cc1c(C(=O)O)cnn1-c1ccc(C(=O)N2CC3C(C2)C3(C)C)cc1. The number of carbonyl (C=O) groups excluding carboxylic acids is 1. The van der Waals surface area contributed by atoms with Gasteiger partial charge >= 0.3 is 5.97 Å². The highest BCUT2D eigenvalue weighted by molar-refractivity contribution is 5.94. The Morgan fingerprint density at radius 2 is 1.76 bits per heavy atom. The van der Waals surface area contributed by atoms with Gasteiger partial charge < -0.3 is 10.0 Å². The molecule has 1 aromatic carbocycles. The lowest BCUT2D eigenvalue weighted by atomic mass is 10.1. The smallest absolute Gasteiger partial charge is 0.339 e. The number of carbonyl (C=O) groups is 2. The van der Waals surface area contributed by atoms with E-state index in [0.717, 1.165) is 18.8 Å². The van der Waals surface area contributed by atoms with Gasteiger partial charge in [0, 0.05) is 18.7 Å². The van der Waals surface area contributed by atoms with Gasteiger partial charge in [-0.1, -0.05) is 13.8 Å². The minimum Gasteiger partial charge on any atom is -0.478 e. The lowest BCUT2D eigenvalue weighted by Crippen LogP contribution is -2.32. The minimum atomic E-state index is -0.994. The summed E-state index contributed by atoms with van der Waals surface area (Å²) < 4.78 is 1.57. The second-order valence-electron chi connectivity index (χ2n) is 7.65. The molecule has 1 saturated carbocycles. The molecule has 2 unspecified atom stereocenters. The number of carboxylic acids is 1. The molecule has 1 N–H and O–H groups in total. The van der Waals surface area contributed by atoms with Crippen molar-refractivity contribution >= 4 is 11.9 Å². The predicted octanol–water partition coefficient (Wildman–Crippen LogP) is 2.61. The molecule has 2 aliphatic rings. The fourth-order valence-electron chi connectivity index (χ4n) is 4.11. The number of nitrogens with zero attached hydrogens (tertiary/aromatic N) is 3. The Bertz CT molecular complexity index is 853. The molecule has 4 rings (SSSR count). The maximum atomic E-state index is 12.7. The summed E-state index contributed by atoms with van der Waals surface area (Å²) >= 11 is 0. The molecule has 0 bridgehead atoms. The summed E-state index contributed by atoms with van der Waals surface area (Å²) in [7, 11) is 0. The molecule has 0 spiro atoms. The van der Waals surface area contributed by atoms with E-state index in [4.69, 9.17) is 5.11 Å². The molecule has 0 radical (unpaired) electrons. The van der Waals surface area contributed by atoms with Crippen LogP contribution < -0.4 is 0 Å². The first kappa shape index (κ1) is 15.9. The van der Waals surface area contributed by atoms with Crippen LogP contribution in [-0.4, -0.2) is 44.8 Å². The Kier molecular flexibility index (Phi) is 3.29. The third-order valence-corrected chi connectivity index (χ3v) is 6.01. The number of rotatable bonds is 3. The topological polar surface area (TPSA) is 75.4 Å². The monoisotopic (exact) mass is 339 g/mol. The van der Waals surface area contributed by atoms with Gasteiger partial charge in [0.1, 0.15) is 5.56 Å². The summed E-state index contributed by atoms with van der Waals surface area (Å²) in [5, 5.41) is 13.3. The van der Waals surface area contributed by atoms with Crippen LogP contribution in [0.4, 0.5) is 0 Å². The van der Waals surface area contributed by atoms with Crippen molar-refractivity contribution < 1.29 is 14.7 Å². The van der Waals surface area contributed by atoms with Gasteiger partial charge in [-0.05, 0) is 48.4 Å². The molecule has 6 nitrogen and oxygen atoms in total. The Morgan fingerprint density at radius 3 is 2.28 bits per heavy atom. The highest BCUT2D eigenvalue weighted by atomic mass is 16.4. The Morgan fingerprint density at radius 1 is 1.16 bits per heavy atom. The number of amides is 1. The van der Waals surface area contributed by atoms with Crippen molar-refractivity contribution in [2.45, 2.75) is 20.8 Å². The van der Waals surface area contributed by atoms with Crippen LogP contribution in [0.5, 0.6) is 0 Å². The van der Waals surface area contributed by atoms with Crippen molar-refractivity contribution in [1.82, 2.24) is 14.7 Å². The number of hydrogen-bond donors (Lipinski definition) is 1. The average Bonchev–Trinajstić information content (AvgIpc) is 2.99. The summed E-state index contributed by atoms with van der Waals surface area (Å²) in [5.74, 6) is 0.345. The number of fused-ring (bicyclic) bond motifs is 1. The maximum Gasteiger partial charge on any atom is 0.339 e.